The Hall–Kier alpha value is -5.41. The molecule has 0 saturated carbocycles. The topological polar surface area (TPSA) is 31.0 Å². The summed E-state index contributed by atoms with van der Waals surface area (Å²) in [5.41, 5.74) is 10.7. The van der Waals surface area contributed by atoms with Crippen LogP contribution in [0.15, 0.2) is 150 Å². The third-order valence-electron chi connectivity index (χ3n) is 7.60. The predicted molar refractivity (Wildman–Crippen MR) is 165 cm³/mol. The predicted octanol–water partition coefficient (Wildman–Crippen LogP) is 9.93. The molecule has 8 aromatic rings. The molecular weight excluding hydrogens is 488 g/mol. The summed E-state index contributed by atoms with van der Waals surface area (Å²) in [6.45, 7) is 0. The summed E-state index contributed by atoms with van der Waals surface area (Å²) >= 11 is 0. The monoisotopic (exact) mass is 512 g/mol. The molecule has 0 fully saturated rings. The molecule has 3 heteroatoms. The molecule has 40 heavy (non-hydrogen) atoms. The van der Waals surface area contributed by atoms with Gasteiger partial charge in [-0.1, -0.05) is 97.1 Å². The summed E-state index contributed by atoms with van der Waals surface area (Å²) in [5, 5.41) is 2.22. The van der Waals surface area contributed by atoms with Crippen molar-refractivity contribution in [1.82, 2.24) is 9.55 Å². The normalized spacial score (nSPS) is 11.5. The van der Waals surface area contributed by atoms with E-state index in [0.717, 1.165) is 44.2 Å². The van der Waals surface area contributed by atoms with Gasteiger partial charge >= 0.3 is 0 Å². The lowest BCUT2D eigenvalue weighted by Gasteiger charge is -2.14. The van der Waals surface area contributed by atoms with Gasteiger partial charge in [0.25, 0.3) is 0 Å². The summed E-state index contributed by atoms with van der Waals surface area (Å²) in [4.78, 5) is 4.85. The van der Waals surface area contributed by atoms with Crippen LogP contribution in [-0.4, -0.2) is 9.55 Å². The van der Waals surface area contributed by atoms with Gasteiger partial charge < -0.3 is 8.98 Å². The van der Waals surface area contributed by atoms with Crippen molar-refractivity contribution in [2.45, 2.75) is 0 Å². The SMILES string of the molecule is c1ccc(-c2cc(-c3ccccc3)cc(-n3c4ccccc4c4c5oc(-c6ccccc6)nc5ccc43)c2)cc1. The second-order valence-corrected chi connectivity index (χ2v) is 10.0. The van der Waals surface area contributed by atoms with Gasteiger partial charge in [0.15, 0.2) is 5.58 Å². The summed E-state index contributed by atoms with van der Waals surface area (Å²) in [7, 11) is 0. The number of hydrogen-bond donors (Lipinski definition) is 0. The van der Waals surface area contributed by atoms with E-state index < -0.39 is 0 Å². The molecule has 0 amide bonds. The molecule has 3 nitrogen and oxygen atoms in total. The van der Waals surface area contributed by atoms with Crippen LogP contribution in [0.4, 0.5) is 0 Å². The molecule has 0 N–H and O–H groups in total. The van der Waals surface area contributed by atoms with Gasteiger partial charge in [-0.05, 0) is 70.8 Å². The maximum Gasteiger partial charge on any atom is 0.227 e. The van der Waals surface area contributed by atoms with Crippen molar-refractivity contribution < 1.29 is 4.42 Å². The largest absolute Gasteiger partial charge is 0.435 e. The highest BCUT2D eigenvalue weighted by Crippen LogP contribution is 2.40. The molecule has 2 aromatic heterocycles. The van der Waals surface area contributed by atoms with Crippen LogP contribution in [0.25, 0.3) is 72.3 Å². The maximum absolute atomic E-state index is 6.49. The van der Waals surface area contributed by atoms with Gasteiger partial charge in [0, 0.05) is 16.6 Å². The first-order valence-corrected chi connectivity index (χ1v) is 13.5. The number of rotatable bonds is 4. The molecule has 0 bridgehead atoms. The van der Waals surface area contributed by atoms with Gasteiger partial charge in [0.1, 0.15) is 5.52 Å². The van der Waals surface area contributed by atoms with Crippen LogP contribution in [0.2, 0.25) is 0 Å². The molecule has 0 aliphatic heterocycles. The van der Waals surface area contributed by atoms with Gasteiger partial charge in [-0.25, -0.2) is 4.98 Å². The number of hydrogen-bond acceptors (Lipinski definition) is 2. The van der Waals surface area contributed by atoms with Gasteiger partial charge in [-0.2, -0.15) is 0 Å². The van der Waals surface area contributed by atoms with Gasteiger partial charge in [-0.3, -0.25) is 0 Å². The fraction of sp³-hybridized carbons (Fsp3) is 0. The second-order valence-electron chi connectivity index (χ2n) is 10.0. The van der Waals surface area contributed by atoms with Crippen molar-refractivity contribution in [1.29, 1.82) is 0 Å². The summed E-state index contributed by atoms with van der Waals surface area (Å²) < 4.78 is 8.84. The van der Waals surface area contributed by atoms with Crippen LogP contribution in [0.3, 0.4) is 0 Å². The molecule has 0 radical (unpaired) electrons. The van der Waals surface area contributed by atoms with E-state index in [2.05, 4.69) is 120 Å². The van der Waals surface area contributed by atoms with Crippen molar-refractivity contribution in [3.05, 3.63) is 146 Å². The van der Waals surface area contributed by atoms with E-state index >= 15 is 0 Å². The van der Waals surface area contributed by atoms with Crippen LogP contribution in [0.1, 0.15) is 0 Å². The van der Waals surface area contributed by atoms with Crippen molar-refractivity contribution in [2.75, 3.05) is 0 Å². The van der Waals surface area contributed by atoms with Crippen LogP contribution in [0.5, 0.6) is 0 Å². The Kier molecular flexibility index (Phi) is 5.14. The number of oxazole rings is 1. The molecular formula is C37H24N2O. The van der Waals surface area contributed by atoms with Crippen LogP contribution in [-0.2, 0) is 0 Å². The summed E-state index contributed by atoms with van der Waals surface area (Å²) in [5.74, 6) is 0.636. The number of benzene rings is 6. The lowest BCUT2D eigenvalue weighted by Crippen LogP contribution is -1.96. The van der Waals surface area contributed by atoms with Crippen molar-refractivity contribution in [3.8, 4) is 39.4 Å². The molecule has 0 aliphatic carbocycles. The number of fused-ring (bicyclic) bond motifs is 5. The van der Waals surface area contributed by atoms with Crippen LogP contribution >= 0.6 is 0 Å². The smallest absolute Gasteiger partial charge is 0.227 e. The molecule has 0 spiro atoms. The summed E-state index contributed by atoms with van der Waals surface area (Å²) in [6.07, 6.45) is 0. The zero-order chi connectivity index (χ0) is 26.5. The molecule has 0 aliphatic rings. The van der Waals surface area contributed by atoms with E-state index in [4.69, 9.17) is 9.40 Å². The van der Waals surface area contributed by atoms with Gasteiger partial charge in [0.2, 0.25) is 5.89 Å². The molecule has 0 atom stereocenters. The van der Waals surface area contributed by atoms with E-state index in [9.17, 15) is 0 Å². The Balaban J connectivity index is 1.43. The van der Waals surface area contributed by atoms with Crippen molar-refractivity contribution in [3.63, 3.8) is 0 Å². The Morgan fingerprint density at radius 1 is 0.475 bits per heavy atom. The fourth-order valence-electron chi connectivity index (χ4n) is 5.76. The Morgan fingerprint density at radius 2 is 1.05 bits per heavy atom. The summed E-state index contributed by atoms with van der Waals surface area (Å²) in [6, 6.07) is 50.9. The standard InChI is InChI=1S/C37H24N2O/c1-4-12-25(13-5-1)28-22-29(26-14-6-2-7-15-26)24-30(23-28)39-33-19-11-10-18-31(33)35-34(39)21-20-32-36(35)40-37(38-32)27-16-8-3-9-17-27/h1-24H. The number of para-hydroxylation sites is 1. The van der Waals surface area contributed by atoms with E-state index in [1.54, 1.807) is 0 Å². The molecule has 188 valence electrons. The second kappa shape index (κ2) is 9.11. The molecule has 6 aromatic carbocycles. The minimum absolute atomic E-state index is 0.636. The van der Waals surface area contributed by atoms with E-state index in [1.807, 2.05) is 30.3 Å². The molecule has 0 unspecified atom stereocenters. The average molecular weight is 513 g/mol. The van der Waals surface area contributed by atoms with Gasteiger partial charge in [-0.15, -0.1) is 0 Å². The first kappa shape index (κ1) is 22.6. The quantitative estimate of drug-likeness (QED) is 0.235. The minimum Gasteiger partial charge on any atom is -0.435 e. The molecule has 2 heterocycles. The number of aromatic nitrogens is 2. The van der Waals surface area contributed by atoms with Crippen molar-refractivity contribution in [2.24, 2.45) is 0 Å². The minimum atomic E-state index is 0.636. The Bertz CT molecular complexity index is 2080. The fourth-order valence-corrected chi connectivity index (χ4v) is 5.76. The van der Waals surface area contributed by atoms with E-state index in [0.29, 0.717) is 5.89 Å². The first-order chi connectivity index (χ1) is 19.8. The zero-order valence-corrected chi connectivity index (χ0v) is 21.7. The highest BCUT2D eigenvalue weighted by Gasteiger charge is 2.19. The highest BCUT2D eigenvalue weighted by atomic mass is 16.3. The number of nitrogens with zero attached hydrogens (tertiary/aromatic N) is 2. The molecule has 0 saturated heterocycles. The zero-order valence-electron chi connectivity index (χ0n) is 21.7. The third-order valence-corrected chi connectivity index (χ3v) is 7.60. The molecule has 8 rings (SSSR count). The lowest BCUT2D eigenvalue weighted by atomic mass is 9.98. The first-order valence-electron chi connectivity index (χ1n) is 13.5. The maximum atomic E-state index is 6.49. The van der Waals surface area contributed by atoms with Crippen LogP contribution in [0, 0.1) is 0 Å². The third kappa shape index (κ3) is 3.63. The van der Waals surface area contributed by atoms with Crippen molar-refractivity contribution >= 4 is 32.9 Å². The Labute approximate surface area is 231 Å². The average Bonchev–Trinajstić information content (AvgIpc) is 3.62. The lowest BCUT2D eigenvalue weighted by molar-refractivity contribution is 0.623. The van der Waals surface area contributed by atoms with Gasteiger partial charge in [0.05, 0.1) is 16.4 Å². The Morgan fingerprint density at radius 3 is 1.70 bits per heavy atom. The highest BCUT2D eigenvalue weighted by molar-refractivity contribution is 6.19. The van der Waals surface area contributed by atoms with E-state index in [1.165, 1.54) is 22.3 Å². The van der Waals surface area contributed by atoms with E-state index in [-0.39, 0.29) is 0 Å². The van der Waals surface area contributed by atoms with Crippen LogP contribution < -0.4 is 0 Å².